The van der Waals surface area contributed by atoms with Gasteiger partial charge in [0.05, 0.1) is 7.11 Å². The summed E-state index contributed by atoms with van der Waals surface area (Å²) >= 11 is 0. The highest BCUT2D eigenvalue weighted by molar-refractivity contribution is 5.98. The summed E-state index contributed by atoms with van der Waals surface area (Å²) in [6, 6.07) is 11.7. The number of hydrogen-bond donors (Lipinski definition) is 1. The largest absolute Gasteiger partial charge is 0.497 e. The number of methoxy groups -OCH3 is 1. The van der Waals surface area contributed by atoms with E-state index in [2.05, 4.69) is 11.1 Å². The second kappa shape index (κ2) is 7.57. The van der Waals surface area contributed by atoms with Crippen molar-refractivity contribution >= 4 is 16.8 Å². The first-order valence-corrected chi connectivity index (χ1v) is 10.8. The zero-order chi connectivity index (χ0) is 21.7. The average Bonchev–Trinajstić information content (AvgIpc) is 3.18. The number of amides is 1. The Morgan fingerprint density at radius 1 is 1.16 bits per heavy atom. The summed E-state index contributed by atoms with van der Waals surface area (Å²) in [4.78, 5) is 33.5. The summed E-state index contributed by atoms with van der Waals surface area (Å²) < 4.78 is 7.24. The van der Waals surface area contributed by atoms with Gasteiger partial charge >= 0.3 is 0 Å². The van der Waals surface area contributed by atoms with Gasteiger partial charge in [-0.2, -0.15) is 0 Å². The molecular weight excluding hydrogens is 392 g/mol. The molecule has 2 aliphatic rings. The minimum Gasteiger partial charge on any atom is -0.497 e. The molecule has 1 N–H and O–H groups in total. The minimum absolute atomic E-state index is 0.0184. The lowest BCUT2D eigenvalue weighted by molar-refractivity contribution is 0.0589. The van der Waals surface area contributed by atoms with Gasteiger partial charge in [0.1, 0.15) is 11.4 Å². The normalized spacial score (nSPS) is 20.2. The third-order valence-corrected chi connectivity index (χ3v) is 6.52. The number of piperidine rings is 1. The van der Waals surface area contributed by atoms with Crippen LogP contribution in [-0.2, 0) is 13.1 Å². The number of H-pyrrole nitrogens is 1. The number of ether oxygens (including phenoxy) is 1. The Morgan fingerprint density at radius 3 is 2.77 bits per heavy atom. The summed E-state index contributed by atoms with van der Waals surface area (Å²) in [5.74, 6) is 1.28. The van der Waals surface area contributed by atoms with E-state index < -0.39 is 0 Å². The third kappa shape index (κ3) is 3.53. The molecule has 0 radical (unpaired) electrons. The zero-order valence-electron chi connectivity index (χ0n) is 18.2. The molecule has 5 rings (SSSR count). The number of nitrogens with one attached hydrogen (secondary N) is 1. The molecule has 7 nitrogen and oxygen atoms in total. The highest BCUT2D eigenvalue weighted by Gasteiger charge is 2.37. The molecule has 7 heteroatoms. The molecule has 0 unspecified atom stereocenters. The second-order valence-electron chi connectivity index (χ2n) is 9.08. The van der Waals surface area contributed by atoms with Crippen molar-refractivity contribution in [2.45, 2.75) is 25.4 Å². The Morgan fingerprint density at radius 2 is 2.00 bits per heavy atom. The number of likely N-dealkylation sites (tertiary alicyclic amines) is 1. The smallest absolute Gasteiger partial charge is 0.270 e. The van der Waals surface area contributed by atoms with Crippen molar-refractivity contribution in [2.24, 2.45) is 5.92 Å². The first-order valence-electron chi connectivity index (χ1n) is 10.8. The van der Waals surface area contributed by atoms with Crippen molar-refractivity contribution in [2.75, 3.05) is 34.3 Å². The van der Waals surface area contributed by atoms with E-state index in [0.717, 1.165) is 34.3 Å². The summed E-state index contributed by atoms with van der Waals surface area (Å²) in [5, 5.41) is 0.963. The molecule has 2 bridgehead atoms. The van der Waals surface area contributed by atoms with Crippen LogP contribution in [0, 0.1) is 5.92 Å². The summed E-state index contributed by atoms with van der Waals surface area (Å²) in [6.07, 6.45) is 1.03. The van der Waals surface area contributed by atoms with E-state index in [1.807, 2.05) is 58.8 Å². The second-order valence-corrected chi connectivity index (χ2v) is 9.08. The van der Waals surface area contributed by atoms with E-state index in [9.17, 15) is 9.59 Å². The predicted molar refractivity (Wildman–Crippen MR) is 120 cm³/mol. The van der Waals surface area contributed by atoms with Gasteiger partial charge in [0, 0.05) is 54.3 Å². The maximum atomic E-state index is 13.3. The van der Waals surface area contributed by atoms with Crippen molar-refractivity contribution in [3.63, 3.8) is 0 Å². The molecule has 1 fully saturated rings. The van der Waals surface area contributed by atoms with Gasteiger partial charge in [-0.1, -0.05) is 6.07 Å². The number of carbonyl (C=O) groups is 1. The van der Waals surface area contributed by atoms with Crippen molar-refractivity contribution < 1.29 is 9.53 Å². The molecule has 0 spiro atoms. The van der Waals surface area contributed by atoms with Gasteiger partial charge in [0.15, 0.2) is 0 Å². The van der Waals surface area contributed by atoms with Crippen LogP contribution in [0.2, 0.25) is 0 Å². The molecule has 31 heavy (non-hydrogen) atoms. The van der Waals surface area contributed by atoms with Crippen LogP contribution in [0.25, 0.3) is 10.9 Å². The number of pyridine rings is 1. The first-order chi connectivity index (χ1) is 14.9. The maximum absolute atomic E-state index is 13.3. The van der Waals surface area contributed by atoms with Crippen LogP contribution >= 0.6 is 0 Å². The van der Waals surface area contributed by atoms with Gasteiger partial charge in [-0.05, 0) is 56.8 Å². The van der Waals surface area contributed by atoms with Crippen LogP contribution in [0.1, 0.15) is 34.1 Å². The Labute approximate surface area is 181 Å². The van der Waals surface area contributed by atoms with E-state index in [1.54, 1.807) is 7.11 Å². The quantitative estimate of drug-likeness (QED) is 0.705. The SMILES string of the molecule is COc1ccc2[nH]c(C(=O)N3C[C@@H]4C[C@H](C3)c3ccc(CN(C)C)c(=O)n3C4)cc2c1. The van der Waals surface area contributed by atoms with E-state index in [4.69, 9.17) is 4.74 Å². The van der Waals surface area contributed by atoms with Gasteiger partial charge in [-0.3, -0.25) is 9.59 Å². The van der Waals surface area contributed by atoms with Crippen LogP contribution in [0.3, 0.4) is 0 Å². The highest BCUT2D eigenvalue weighted by Crippen LogP contribution is 2.36. The number of aromatic nitrogens is 2. The fraction of sp³-hybridized carbons (Fsp3) is 0.417. The number of hydrogen-bond acceptors (Lipinski definition) is 4. The van der Waals surface area contributed by atoms with Gasteiger partial charge in [-0.25, -0.2) is 0 Å². The Balaban J connectivity index is 1.41. The minimum atomic E-state index is 0.0184. The van der Waals surface area contributed by atoms with E-state index in [-0.39, 0.29) is 17.4 Å². The number of benzene rings is 1. The molecule has 4 heterocycles. The average molecular weight is 421 g/mol. The molecule has 162 valence electrons. The lowest BCUT2D eigenvalue weighted by Crippen LogP contribution is -2.49. The monoisotopic (exact) mass is 420 g/mol. The molecule has 2 aliphatic heterocycles. The maximum Gasteiger partial charge on any atom is 0.270 e. The Bertz CT molecular complexity index is 1210. The number of carbonyl (C=O) groups excluding carboxylic acids is 1. The molecule has 1 saturated heterocycles. The lowest BCUT2D eigenvalue weighted by atomic mass is 9.83. The molecule has 1 amide bonds. The van der Waals surface area contributed by atoms with Crippen LogP contribution in [0.5, 0.6) is 5.75 Å². The van der Waals surface area contributed by atoms with Crippen molar-refractivity contribution in [3.8, 4) is 5.75 Å². The van der Waals surface area contributed by atoms with Crippen LogP contribution < -0.4 is 10.3 Å². The summed E-state index contributed by atoms with van der Waals surface area (Å²) in [6.45, 7) is 2.64. The number of fused-ring (bicyclic) bond motifs is 5. The van der Waals surface area contributed by atoms with E-state index in [0.29, 0.717) is 37.8 Å². The molecule has 1 aromatic carbocycles. The molecule has 3 aromatic rings. The standard InChI is InChI=1S/C24H28N4O3/c1-26(2)13-16-4-7-22-18-8-15(12-28(22)23(16)29)11-27(14-18)24(30)21-10-17-9-19(31-3)5-6-20(17)25-21/h4-7,9-10,15,18,25H,8,11-14H2,1-3H3/t15-,18+/m0/s1. The van der Waals surface area contributed by atoms with Gasteiger partial charge in [0.2, 0.25) is 0 Å². The molecule has 0 saturated carbocycles. The van der Waals surface area contributed by atoms with Gasteiger partial charge < -0.3 is 24.1 Å². The van der Waals surface area contributed by atoms with Crippen molar-refractivity contribution in [1.29, 1.82) is 0 Å². The lowest BCUT2D eigenvalue weighted by Gasteiger charge is -2.42. The zero-order valence-corrected chi connectivity index (χ0v) is 18.2. The third-order valence-electron chi connectivity index (χ3n) is 6.52. The summed E-state index contributed by atoms with van der Waals surface area (Å²) in [5.41, 5.74) is 3.52. The number of aromatic amines is 1. The van der Waals surface area contributed by atoms with Gasteiger partial charge in [-0.15, -0.1) is 0 Å². The molecule has 2 aromatic heterocycles. The Hall–Kier alpha value is -3.06. The van der Waals surface area contributed by atoms with Crippen molar-refractivity contribution in [1.82, 2.24) is 19.4 Å². The van der Waals surface area contributed by atoms with Crippen molar-refractivity contribution in [3.05, 3.63) is 63.7 Å². The van der Waals surface area contributed by atoms with Crippen LogP contribution in [-0.4, -0.2) is 59.6 Å². The first kappa shape index (κ1) is 19.9. The van der Waals surface area contributed by atoms with E-state index >= 15 is 0 Å². The van der Waals surface area contributed by atoms with Crippen LogP contribution in [0.15, 0.2) is 41.2 Å². The fourth-order valence-electron chi connectivity index (χ4n) is 5.14. The molecule has 2 atom stereocenters. The molecule has 0 aliphatic carbocycles. The number of rotatable bonds is 4. The summed E-state index contributed by atoms with van der Waals surface area (Å²) in [7, 11) is 5.59. The van der Waals surface area contributed by atoms with E-state index in [1.165, 1.54) is 0 Å². The van der Waals surface area contributed by atoms with Gasteiger partial charge in [0.25, 0.3) is 11.5 Å². The number of nitrogens with zero attached hydrogens (tertiary/aromatic N) is 3. The fourth-order valence-corrected chi connectivity index (χ4v) is 5.14. The Kier molecular flexibility index (Phi) is 4.85. The molecular formula is C24H28N4O3. The predicted octanol–water partition coefficient (Wildman–Crippen LogP) is 2.66. The topological polar surface area (TPSA) is 70.6 Å². The highest BCUT2D eigenvalue weighted by atomic mass is 16.5. The van der Waals surface area contributed by atoms with Crippen LogP contribution in [0.4, 0.5) is 0 Å².